The first kappa shape index (κ1) is 71.1. The smallest absolute Gasteiger partial charge is 0.252 e. The van der Waals surface area contributed by atoms with Gasteiger partial charge in [0.2, 0.25) is 0 Å². The van der Waals surface area contributed by atoms with Crippen molar-refractivity contribution in [2.45, 2.75) is 209 Å². The molecule has 0 aliphatic carbocycles. The summed E-state index contributed by atoms with van der Waals surface area (Å²) in [5.74, 6) is 0. The van der Waals surface area contributed by atoms with Gasteiger partial charge in [0.05, 0.1) is 44.4 Å². The number of hydrogen-bond acceptors (Lipinski definition) is 3. The zero-order valence-electron chi connectivity index (χ0n) is 83.3. The highest BCUT2D eigenvalue weighted by atomic mass is 15.2. The third-order valence-electron chi connectivity index (χ3n) is 25.4. The topological polar surface area (TPSA) is 29.2 Å². The molecule has 2 aliphatic heterocycles. The van der Waals surface area contributed by atoms with Gasteiger partial charge in [0.25, 0.3) is 6.71 Å². The minimum atomic E-state index is -0.585. The number of fused-ring (bicyclic) bond motifs is 10. The molecule has 0 saturated heterocycles. The molecule has 121 heavy (non-hydrogen) atoms. The monoisotopic (exact) mass is 1590 g/mol. The van der Waals surface area contributed by atoms with Crippen molar-refractivity contribution in [2.75, 3.05) is 9.80 Å². The molecule has 606 valence electrons. The van der Waals surface area contributed by atoms with Gasteiger partial charge in [0.15, 0.2) is 0 Å². The highest BCUT2D eigenvalue weighted by Gasteiger charge is 2.47. The molecule has 0 bridgehead atoms. The highest BCUT2D eigenvalue weighted by molar-refractivity contribution is 7.00. The van der Waals surface area contributed by atoms with Gasteiger partial charge in [-0.1, -0.05) is 336 Å². The predicted octanol–water partition coefficient (Wildman–Crippen LogP) is 30.1. The van der Waals surface area contributed by atoms with Gasteiger partial charge in [-0.05, 0) is 225 Å². The van der Waals surface area contributed by atoms with Crippen LogP contribution >= 0.6 is 0 Å². The van der Waals surface area contributed by atoms with Crippen molar-refractivity contribution < 1.29 is 11.0 Å². The van der Waals surface area contributed by atoms with Crippen LogP contribution in [0.15, 0.2) is 279 Å². The van der Waals surface area contributed by atoms with Crippen LogP contribution in [-0.2, 0) is 43.3 Å². The lowest BCUT2D eigenvalue weighted by atomic mass is 9.33. The summed E-state index contributed by atoms with van der Waals surface area (Å²) in [6.45, 7) is 54.5. The van der Waals surface area contributed by atoms with Crippen LogP contribution in [0.2, 0.25) is 0 Å². The Morgan fingerprint density at radius 1 is 0.256 bits per heavy atom. The number of benzene rings is 13. The van der Waals surface area contributed by atoms with E-state index in [0.29, 0.717) is 5.69 Å². The van der Waals surface area contributed by atoms with Gasteiger partial charge in [0, 0.05) is 100 Å². The number of aromatic nitrogens is 3. The molecule has 0 saturated carbocycles. The molecule has 0 fully saturated rings. The van der Waals surface area contributed by atoms with Crippen molar-refractivity contribution in [1.29, 1.82) is 0 Å². The first-order valence-electron chi connectivity index (χ1n) is 47.3. The molecule has 0 atom stereocenters. The largest absolute Gasteiger partial charge is 0.310 e. The van der Waals surface area contributed by atoms with Gasteiger partial charge in [-0.3, -0.25) is 4.98 Å². The second-order valence-electron chi connectivity index (χ2n) is 42.5. The Morgan fingerprint density at radius 2 is 0.587 bits per heavy atom. The Kier molecular flexibility index (Phi) is 16.7. The number of para-hydroxylation sites is 2. The maximum atomic E-state index is 10.1. The molecule has 0 N–H and O–H groups in total. The molecule has 0 unspecified atom stereocenters. The van der Waals surface area contributed by atoms with Crippen LogP contribution in [0, 0.1) is 0 Å². The molecule has 6 heteroatoms. The summed E-state index contributed by atoms with van der Waals surface area (Å²) in [6.07, 6.45) is 0. The zero-order valence-corrected chi connectivity index (χ0v) is 75.3. The Bertz CT molecular complexity index is 7070. The molecule has 5 heterocycles. The fourth-order valence-electron chi connectivity index (χ4n) is 18.3. The van der Waals surface area contributed by atoms with Crippen LogP contribution in [-0.4, -0.2) is 20.8 Å². The first-order chi connectivity index (χ1) is 60.4. The second kappa shape index (κ2) is 28.5. The summed E-state index contributed by atoms with van der Waals surface area (Å²) < 4.78 is 81.4. The lowest BCUT2D eigenvalue weighted by Gasteiger charge is -2.46. The number of pyridine rings is 1. The van der Waals surface area contributed by atoms with Gasteiger partial charge in [-0.15, -0.1) is 0 Å². The van der Waals surface area contributed by atoms with Crippen LogP contribution in [0.25, 0.3) is 111 Å². The normalized spacial score (nSPS) is 14.5. The van der Waals surface area contributed by atoms with Crippen molar-refractivity contribution in [3.05, 3.63) is 324 Å². The van der Waals surface area contributed by atoms with Crippen LogP contribution in [0.1, 0.15) is 222 Å². The van der Waals surface area contributed by atoms with E-state index in [2.05, 4.69) is 405 Å². The first-order valence-corrected chi connectivity index (χ1v) is 43.3. The standard InChI is InChI=1S/C115H118BN5/c1-108(2,3)77-48-54-97-91(63-77)92-64-78(109(4,5)6)49-55-98(92)119(97)84-51-53-94-100(70-84)121(107-89(73-42-32-27-33-43-73)67-82(113(16,17)18)68-90(107)76-60-103(114(19,20)21)117-104(61-76)115(22,23)24)102-59-75(74-56-79(110(7,8)9)62-80(57-74)111(10,11)12)58-101-105(102)116(94)93-52-50-83(118-95-46-36-34-44-85(95)86-45-35-37-47-96(86)118)69-99(93)120(101)106-87(71-38-28-25-29-39-71)65-81(112(13,14)15)66-88(106)72-40-30-26-31-41-72/h25-70H,1-24H3/i34D,35D,36D,37D,44D,45D,46D,47D. The van der Waals surface area contributed by atoms with Crippen molar-refractivity contribution >= 4 is 101 Å². The summed E-state index contributed by atoms with van der Waals surface area (Å²) >= 11 is 0. The van der Waals surface area contributed by atoms with E-state index in [1.165, 1.54) is 38.6 Å². The van der Waals surface area contributed by atoms with E-state index in [9.17, 15) is 11.0 Å². The average Bonchev–Trinajstić information content (AvgIpc) is 1.55. The van der Waals surface area contributed by atoms with E-state index in [0.717, 1.165) is 140 Å². The number of nitrogens with zero attached hydrogens (tertiary/aromatic N) is 5. The number of hydrogen-bond donors (Lipinski definition) is 0. The maximum absolute atomic E-state index is 10.1. The van der Waals surface area contributed by atoms with Crippen molar-refractivity contribution in [2.24, 2.45) is 0 Å². The molecule has 0 radical (unpaired) electrons. The summed E-state index contributed by atoms with van der Waals surface area (Å²) in [6, 6.07) is 83.4. The SMILES string of the molecule is [2H]c1c([2H])c([2H])c2c(c1[2H])c1c([2H])c([2H])c([2H])c([2H])c1n2-c1ccc2c(c1)N(c1c(-c3ccccc3)cc(C(C)(C)C)cc1-c1ccccc1)c1cc(-c3cc(C(C)(C)C)cc(C(C)(C)C)c3)cc3c1B2c1ccc(-n2c4ccc(C(C)(C)C)cc4c4cc(C(C)(C)C)ccc42)cc1N3c1c(-c2ccccc2)cc(C(C)(C)C)cc1-c1cc(C(C)(C)C)nc(C(C)(C)C)c1. The summed E-state index contributed by atoms with van der Waals surface area (Å²) in [5.41, 5.74) is 28.8. The van der Waals surface area contributed by atoms with E-state index in [4.69, 9.17) is 4.98 Å². The fraction of sp³-hybridized carbons (Fsp3) is 0.278. The van der Waals surface area contributed by atoms with Gasteiger partial charge in [-0.25, -0.2) is 0 Å². The van der Waals surface area contributed by atoms with Gasteiger partial charge in [0.1, 0.15) is 0 Å². The van der Waals surface area contributed by atoms with E-state index < -0.39 is 43.0 Å². The summed E-state index contributed by atoms with van der Waals surface area (Å²) in [5, 5.41) is 2.35. The van der Waals surface area contributed by atoms with Gasteiger partial charge >= 0.3 is 0 Å². The van der Waals surface area contributed by atoms with Crippen molar-refractivity contribution in [3.8, 4) is 67.0 Å². The summed E-state index contributed by atoms with van der Waals surface area (Å²) in [7, 11) is 0. The lowest BCUT2D eigenvalue weighted by molar-refractivity contribution is 0.531. The fourth-order valence-corrected chi connectivity index (χ4v) is 18.3. The Balaban J connectivity index is 1.11. The molecule has 0 amide bonds. The van der Waals surface area contributed by atoms with Crippen LogP contribution in [0.5, 0.6) is 0 Å². The van der Waals surface area contributed by atoms with E-state index >= 15 is 0 Å². The van der Waals surface area contributed by atoms with E-state index in [-0.39, 0.29) is 77.2 Å². The minimum absolute atomic E-state index is 0.00487. The third-order valence-corrected chi connectivity index (χ3v) is 25.4. The Morgan fingerprint density at radius 3 is 0.942 bits per heavy atom. The molecule has 0 spiro atoms. The predicted molar refractivity (Wildman–Crippen MR) is 524 cm³/mol. The molecule has 5 nitrogen and oxygen atoms in total. The molecule has 3 aromatic heterocycles. The van der Waals surface area contributed by atoms with Crippen LogP contribution < -0.4 is 26.2 Å². The van der Waals surface area contributed by atoms with Crippen LogP contribution in [0.3, 0.4) is 0 Å². The molecule has 18 rings (SSSR count). The molecule has 2 aliphatic rings. The third kappa shape index (κ3) is 14.1. The average molecular weight is 1590 g/mol. The zero-order chi connectivity index (χ0) is 92.4. The lowest BCUT2D eigenvalue weighted by Crippen LogP contribution is -2.61. The molecular weight excluding hydrogens is 1460 g/mol. The quantitative estimate of drug-likeness (QED) is 0.135. The molecule has 13 aromatic carbocycles. The van der Waals surface area contributed by atoms with E-state index in [1.807, 2.05) is 6.07 Å². The molecular formula is C115H118BN5. The van der Waals surface area contributed by atoms with Crippen LogP contribution in [0.4, 0.5) is 34.1 Å². The number of anilines is 6. The van der Waals surface area contributed by atoms with Gasteiger partial charge < -0.3 is 18.9 Å². The number of rotatable bonds is 9. The van der Waals surface area contributed by atoms with Gasteiger partial charge in [-0.2, -0.15) is 0 Å². The Labute approximate surface area is 731 Å². The van der Waals surface area contributed by atoms with Crippen molar-refractivity contribution in [3.63, 3.8) is 0 Å². The van der Waals surface area contributed by atoms with E-state index in [1.54, 1.807) is 4.57 Å². The molecule has 16 aromatic rings. The minimum Gasteiger partial charge on any atom is -0.310 e. The summed E-state index contributed by atoms with van der Waals surface area (Å²) in [4.78, 5) is 10.8. The second-order valence-corrected chi connectivity index (χ2v) is 42.5. The highest BCUT2D eigenvalue weighted by Crippen LogP contribution is 2.57. The van der Waals surface area contributed by atoms with Crippen molar-refractivity contribution in [1.82, 2.24) is 14.1 Å². The maximum Gasteiger partial charge on any atom is 0.252 e. The Hall–Kier alpha value is -11.7.